The summed E-state index contributed by atoms with van der Waals surface area (Å²) in [6.07, 6.45) is 0. The Kier molecular flexibility index (Phi) is 5.43. The molecule has 5 nitrogen and oxygen atoms in total. The van der Waals surface area contributed by atoms with Crippen LogP contribution in [-0.2, 0) is 0 Å². The Bertz CT molecular complexity index is 914. The van der Waals surface area contributed by atoms with Crippen LogP contribution in [0.1, 0.15) is 10.4 Å². The number of hydrogen-bond acceptors (Lipinski definition) is 4. The molecule has 1 heterocycles. The first-order valence-electron chi connectivity index (χ1n) is 8.29. The number of para-hydroxylation sites is 1. The van der Waals surface area contributed by atoms with Gasteiger partial charge in [0.05, 0.1) is 11.1 Å². The number of amides is 1. The molecule has 3 aromatic rings. The molecule has 0 unspecified atom stereocenters. The standard InChI is InChI=1S/C20H20FN3O2/c1-24(2)11-10-22-20(25)17-13-19(26-15-6-4-3-5-7-15)23-18-9-8-14(21)12-16(17)18/h3-9,12-13H,10-11H2,1-2H3,(H,22,25). The van der Waals surface area contributed by atoms with Crippen LogP contribution in [0.4, 0.5) is 4.39 Å². The van der Waals surface area contributed by atoms with Gasteiger partial charge in [-0.25, -0.2) is 9.37 Å². The van der Waals surface area contributed by atoms with E-state index in [9.17, 15) is 9.18 Å². The minimum atomic E-state index is -0.418. The van der Waals surface area contributed by atoms with Crippen LogP contribution >= 0.6 is 0 Å². The van der Waals surface area contributed by atoms with Crippen molar-refractivity contribution < 1.29 is 13.9 Å². The number of ether oxygens (including phenoxy) is 1. The van der Waals surface area contributed by atoms with E-state index in [0.29, 0.717) is 35.3 Å². The normalized spacial score (nSPS) is 10.9. The van der Waals surface area contributed by atoms with Crippen molar-refractivity contribution in [2.75, 3.05) is 27.2 Å². The van der Waals surface area contributed by atoms with E-state index < -0.39 is 5.82 Å². The highest BCUT2D eigenvalue weighted by Gasteiger charge is 2.15. The van der Waals surface area contributed by atoms with E-state index in [1.54, 1.807) is 24.3 Å². The van der Waals surface area contributed by atoms with E-state index in [4.69, 9.17) is 4.74 Å². The number of rotatable bonds is 6. The fourth-order valence-electron chi connectivity index (χ4n) is 2.51. The maximum Gasteiger partial charge on any atom is 0.252 e. The predicted molar refractivity (Wildman–Crippen MR) is 99.1 cm³/mol. The molecule has 6 heteroatoms. The Morgan fingerprint density at radius 1 is 1.15 bits per heavy atom. The van der Waals surface area contributed by atoms with Gasteiger partial charge >= 0.3 is 0 Å². The van der Waals surface area contributed by atoms with Gasteiger partial charge in [0.15, 0.2) is 0 Å². The van der Waals surface area contributed by atoms with Gasteiger partial charge in [0.1, 0.15) is 11.6 Å². The number of hydrogen-bond donors (Lipinski definition) is 1. The highest BCUT2D eigenvalue weighted by Crippen LogP contribution is 2.26. The topological polar surface area (TPSA) is 54.5 Å². The van der Waals surface area contributed by atoms with Crippen LogP contribution < -0.4 is 10.1 Å². The third kappa shape index (κ3) is 4.34. The summed E-state index contributed by atoms with van der Waals surface area (Å²) in [6.45, 7) is 1.19. The van der Waals surface area contributed by atoms with Crippen molar-refractivity contribution in [2.45, 2.75) is 0 Å². The Morgan fingerprint density at radius 2 is 1.92 bits per heavy atom. The van der Waals surface area contributed by atoms with Crippen molar-refractivity contribution in [1.82, 2.24) is 15.2 Å². The minimum Gasteiger partial charge on any atom is -0.439 e. The van der Waals surface area contributed by atoms with Crippen LogP contribution in [0.3, 0.4) is 0 Å². The van der Waals surface area contributed by atoms with Crippen LogP contribution in [0.15, 0.2) is 54.6 Å². The van der Waals surface area contributed by atoms with Crippen molar-refractivity contribution in [1.29, 1.82) is 0 Å². The number of nitrogens with one attached hydrogen (secondary N) is 1. The van der Waals surface area contributed by atoms with Crippen molar-refractivity contribution in [3.05, 3.63) is 66.0 Å². The number of pyridine rings is 1. The highest BCUT2D eigenvalue weighted by atomic mass is 19.1. The molecule has 134 valence electrons. The molecule has 0 bridgehead atoms. The molecule has 2 aromatic carbocycles. The van der Waals surface area contributed by atoms with Gasteiger partial charge < -0.3 is 15.0 Å². The first kappa shape index (κ1) is 17.8. The van der Waals surface area contributed by atoms with E-state index in [1.165, 1.54) is 12.1 Å². The summed E-state index contributed by atoms with van der Waals surface area (Å²) in [6, 6.07) is 14.9. The lowest BCUT2D eigenvalue weighted by Crippen LogP contribution is -2.31. The molecule has 1 amide bonds. The zero-order valence-corrected chi connectivity index (χ0v) is 14.7. The van der Waals surface area contributed by atoms with E-state index in [-0.39, 0.29) is 11.8 Å². The van der Waals surface area contributed by atoms with Gasteiger partial charge in [0.2, 0.25) is 5.88 Å². The van der Waals surface area contributed by atoms with Crippen molar-refractivity contribution in [2.24, 2.45) is 0 Å². The molecular formula is C20H20FN3O2. The summed E-state index contributed by atoms with van der Waals surface area (Å²) in [4.78, 5) is 19.0. The van der Waals surface area contributed by atoms with E-state index >= 15 is 0 Å². The van der Waals surface area contributed by atoms with Crippen LogP contribution in [0.5, 0.6) is 11.6 Å². The maximum absolute atomic E-state index is 13.7. The quantitative estimate of drug-likeness (QED) is 0.737. The Morgan fingerprint density at radius 3 is 2.65 bits per heavy atom. The van der Waals surface area contributed by atoms with Gasteiger partial charge in [-0.15, -0.1) is 0 Å². The summed E-state index contributed by atoms with van der Waals surface area (Å²) in [5.41, 5.74) is 0.830. The van der Waals surface area contributed by atoms with E-state index in [1.807, 2.05) is 37.2 Å². The zero-order chi connectivity index (χ0) is 18.5. The number of nitrogens with zero attached hydrogens (tertiary/aromatic N) is 2. The van der Waals surface area contributed by atoms with Gasteiger partial charge in [0.25, 0.3) is 5.91 Å². The highest BCUT2D eigenvalue weighted by molar-refractivity contribution is 6.06. The zero-order valence-electron chi connectivity index (χ0n) is 14.7. The maximum atomic E-state index is 13.7. The molecule has 0 spiro atoms. The molecule has 0 fully saturated rings. The molecule has 0 aliphatic heterocycles. The monoisotopic (exact) mass is 353 g/mol. The number of carbonyl (C=O) groups excluding carboxylic acids is 1. The third-order valence-electron chi connectivity index (χ3n) is 3.80. The predicted octanol–water partition coefficient (Wildman–Crippen LogP) is 3.46. The van der Waals surface area contributed by atoms with Gasteiger partial charge in [-0.3, -0.25) is 4.79 Å². The van der Waals surface area contributed by atoms with Crippen molar-refractivity contribution in [3.63, 3.8) is 0 Å². The van der Waals surface area contributed by atoms with Crippen molar-refractivity contribution >= 4 is 16.8 Å². The number of aromatic nitrogens is 1. The number of benzene rings is 2. The SMILES string of the molecule is CN(C)CCNC(=O)c1cc(Oc2ccccc2)nc2ccc(F)cc12. The summed E-state index contributed by atoms with van der Waals surface area (Å²) in [7, 11) is 3.85. The van der Waals surface area contributed by atoms with Crippen LogP contribution in [0, 0.1) is 5.82 Å². The van der Waals surface area contributed by atoms with E-state index in [0.717, 1.165) is 0 Å². The molecule has 0 saturated carbocycles. The number of fused-ring (bicyclic) bond motifs is 1. The molecule has 0 saturated heterocycles. The third-order valence-corrected chi connectivity index (χ3v) is 3.80. The number of likely N-dealkylation sites (N-methyl/N-ethyl adjacent to an activating group) is 1. The second kappa shape index (κ2) is 7.93. The molecule has 0 aliphatic rings. The second-order valence-corrected chi connectivity index (χ2v) is 6.14. The lowest BCUT2D eigenvalue weighted by atomic mass is 10.1. The molecule has 0 aliphatic carbocycles. The first-order chi connectivity index (χ1) is 12.5. The van der Waals surface area contributed by atoms with Crippen LogP contribution in [-0.4, -0.2) is 43.0 Å². The second-order valence-electron chi connectivity index (χ2n) is 6.14. The molecule has 0 atom stereocenters. The number of carbonyl (C=O) groups is 1. The van der Waals surface area contributed by atoms with Gasteiger partial charge in [-0.1, -0.05) is 18.2 Å². The van der Waals surface area contributed by atoms with Crippen LogP contribution in [0.25, 0.3) is 10.9 Å². The van der Waals surface area contributed by atoms with Gasteiger partial charge in [-0.05, 0) is 44.4 Å². The summed E-state index contributed by atoms with van der Waals surface area (Å²) in [5.74, 6) is 0.189. The van der Waals surface area contributed by atoms with Gasteiger partial charge in [0, 0.05) is 24.5 Å². The Balaban J connectivity index is 1.95. The average Bonchev–Trinajstić information content (AvgIpc) is 2.62. The smallest absolute Gasteiger partial charge is 0.252 e. The largest absolute Gasteiger partial charge is 0.439 e. The van der Waals surface area contributed by atoms with Crippen molar-refractivity contribution in [3.8, 4) is 11.6 Å². The average molecular weight is 353 g/mol. The van der Waals surface area contributed by atoms with Gasteiger partial charge in [-0.2, -0.15) is 0 Å². The summed E-state index contributed by atoms with van der Waals surface area (Å²) in [5, 5.41) is 3.30. The van der Waals surface area contributed by atoms with E-state index in [2.05, 4.69) is 10.3 Å². The lowest BCUT2D eigenvalue weighted by molar-refractivity contribution is 0.0952. The summed E-state index contributed by atoms with van der Waals surface area (Å²) >= 11 is 0. The Hall–Kier alpha value is -2.99. The molecule has 0 radical (unpaired) electrons. The fraction of sp³-hybridized carbons (Fsp3) is 0.200. The number of halogens is 1. The summed E-state index contributed by atoms with van der Waals surface area (Å²) < 4.78 is 19.4. The lowest BCUT2D eigenvalue weighted by Gasteiger charge is -2.13. The first-order valence-corrected chi connectivity index (χ1v) is 8.29. The van der Waals surface area contributed by atoms with Crippen LogP contribution in [0.2, 0.25) is 0 Å². The molecule has 26 heavy (non-hydrogen) atoms. The molecule has 1 aromatic heterocycles. The minimum absolute atomic E-state index is 0.285. The molecular weight excluding hydrogens is 333 g/mol. The Labute approximate surface area is 151 Å². The fourth-order valence-corrected chi connectivity index (χ4v) is 2.51. The molecule has 3 rings (SSSR count). The molecule has 1 N–H and O–H groups in total.